The number of imidazole rings is 1. The van der Waals surface area contributed by atoms with E-state index in [0.29, 0.717) is 36.5 Å². The minimum Gasteiger partial charge on any atom is -0.486 e. The van der Waals surface area contributed by atoms with Crippen molar-refractivity contribution in [2.75, 3.05) is 20.2 Å². The first-order valence-corrected chi connectivity index (χ1v) is 17.0. The molecule has 258 valence electrons. The molecule has 5 aromatic rings. The number of esters is 1. The van der Waals surface area contributed by atoms with E-state index in [2.05, 4.69) is 10.1 Å². The fraction of sp³-hybridized carbons (Fsp3) is 0.371. The number of benzene rings is 2. The summed E-state index contributed by atoms with van der Waals surface area (Å²) in [5.41, 5.74) is 3.45. The second kappa shape index (κ2) is 13.7. The third-order valence-corrected chi connectivity index (χ3v) is 9.56. The van der Waals surface area contributed by atoms with Gasteiger partial charge in [0.25, 0.3) is 0 Å². The number of rotatable bonds is 8. The molecule has 0 spiro atoms. The van der Waals surface area contributed by atoms with Crippen molar-refractivity contribution < 1.29 is 32.9 Å². The van der Waals surface area contributed by atoms with E-state index in [-0.39, 0.29) is 33.6 Å². The maximum Gasteiger partial charge on any atom is 0.410 e. The van der Waals surface area contributed by atoms with Crippen LogP contribution in [0.4, 0.5) is 9.18 Å². The van der Waals surface area contributed by atoms with Crippen molar-refractivity contribution in [2.24, 2.45) is 7.05 Å². The largest absolute Gasteiger partial charge is 0.486 e. The van der Waals surface area contributed by atoms with Gasteiger partial charge in [0, 0.05) is 56.4 Å². The molecule has 1 atom stereocenters. The van der Waals surface area contributed by atoms with Crippen LogP contribution >= 0.6 is 22.9 Å². The van der Waals surface area contributed by atoms with Crippen LogP contribution < -0.4 is 9.47 Å². The van der Waals surface area contributed by atoms with Crippen molar-refractivity contribution in [3.8, 4) is 27.6 Å². The van der Waals surface area contributed by atoms with Crippen molar-refractivity contribution in [1.29, 1.82) is 0 Å². The number of halogens is 2. The summed E-state index contributed by atoms with van der Waals surface area (Å²) in [5.74, 6) is -0.971. The highest BCUT2D eigenvalue weighted by Gasteiger charge is 2.30. The van der Waals surface area contributed by atoms with Crippen molar-refractivity contribution in [1.82, 2.24) is 24.2 Å². The number of aryl methyl sites for hydroxylation is 1. The van der Waals surface area contributed by atoms with Gasteiger partial charge in [-0.2, -0.15) is 5.10 Å². The SMILES string of the molecule is COC(=O)c1sc(-n2cnc3cc(-c4cnn(C)c4)ccc32)cc1O[C@H](C)c1ccc(F)c(OC2CCN(C(=O)OC(C)(C)C)CC2)c1Cl. The molecule has 6 rings (SSSR count). The summed E-state index contributed by atoms with van der Waals surface area (Å²) < 4.78 is 41.6. The Labute approximate surface area is 292 Å². The molecule has 0 radical (unpaired) electrons. The standard InChI is InChI=1S/C35H37ClFN5O6S/c1-20(24-8-9-25(37)31(30(24)36)47-23-11-13-41(14-12-23)34(44)48-35(2,3)4)46-28-16-29(49-32(28)33(43)45-6)42-19-38-26-15-21(7-10-27(26)42)22-17-39-40(5)18-22/h7-10,15-20,23H,11-14H2,1-6H3/t20-/m1/s1. The summed E-state index contributed by atoms with van der Waals surface area (Å²) in [7, 11) is 3.17. The van der Waals surface area contributed by atoms with Gasteiger partial charge in [0.2, 0.25) is 0 Å². The fourth-order valence-electron chi connectivity index (χ4n) is 5.61. The lowest BCUT2D eigenvalue weighted by molar-refractivity contribution is 0.0123. The molecule has 0 N–H and O–H groups in total. The summed E-state index contributed by atoms with van der Waals surface area (Å²) in [6.07, 6.45) is 4.95. The predicted octanol–water partition coefficient (Wildman–Crippen LogP) is 7.98. The summed E-state index contributed by atoms with van der Waals surface area (Å²) >= 11 is 7.95. The molecule has 1 aliphatic heterocycles. The summed E-state index contributed by atoms with van der Waals surface area (Å²) in [5, 5.41) is 5.01. The highest BCUT2D eigenvalue weighted by Crippen LogP contribution is 2.41. The number of carbonyl (C=O) groups excluding carboxylic acids is 2. The van der Waals surface area contributed by atoms with Crippen LogP contribution in [0.2, 0.25) is 5.02 Å². The molecule has 1 aliphatic rings. The van der Waals surface area contributed by atoms with E-state index in [4.69, 9.17) is 30.5 Å². The molecule has 1 saturated heterocycles. The average Bonchev–Trinajstić information content (AvgIpc) is 3.80. The zero-order valence-electron chi connectivity index (χ0n) is 28.0. The maximum absolute atomic E-state index is 15.1. The highest BCUT2D eigenvalue weighted by molar-refractivity contribution is 7.16. The Kier molecular flexibility index (Phi) is 9.58. The van der Waals surface area contributed by atoms with Crippen LogP contribution in [0.5, 0.6) is 11.5 Å². The lowest BCUT2D eigenvalue weighted by atomic mass is 10.1. The molecule has 1 fully saturated rings. The number of carbonyl (C=O) groups is 2. The number of ether oxygens (including phenoxy) is 4. The topological polar surface area (TPSA) is 110 Å². The van der Waals surface area contributed by atoms with Gasteiger partial charge in [0.15, 0.2) is 16.4 Å². The number of likely N-dealkylation sites (tertiary alicyclic amines) is 1. The molecule has 4 heterocycles. The van der Waals surface area contributed by atoms with Gasteiger partial charge in [-0.25, -0.2) is 19.0 Å². The van der Waals surface area contributed by atoms with E-state index in [1.165, 1.54) is 30.6 Å². The average molecular weight is 710 g/mol. The van der Waals surface area contributed by atoms with Gasteiger partial charge in [-0.1, -0.05) is 23.7 Å². The quantitative estimate of drug-likeness (QED) is 0.149. The molecule has 0 unspecified atom stereocenters. The molecule has 2 aromatic carbocycles. The molecule has 11 nitrogen and oxygen atoms in total. The van der Waals surface area contributed by atoms with E-state index in [1.807, 2.05) is 56.8 Å². The second-order valence-electron chi connectivity index (χ2n) is 12.8. The number of hydrogen-bond acceptors (Lipinski definition) is 9. The number of fused-ring (bicyclic) bond motifs is 1. The van der Waals surface area contributed by atoms with Crippen LogP contribution in [0.3, 0.4) is 0 Å². The maximum atomic E-state index is 15.1. The van der Waals surface area contributed by atoms with Crippen LogP contribution in [0.15, 0.2) is 55.1 Å². The number of hydrogen-bond donors (Lipinski definition) is 0. The summed E-state index contributed by atoms with van der Waals surface area (Å²) in [6.45, 7) is 8.03. The predicted molar refractivity (Wildman–Crippen MR) is 184 cm³/mol. The van der Waals surface area contributed by atoms with Gasteiger partial charge < -0.3 is 23.8 Å². The van der Waals surface area contributed by atoms with E-state index >= 15 is 4.39 Å². The van der Waals surface area contributed by atoms with E-state index in [1.54, 1.807) is 35.1 Å². The number of aromatic nitrogens is 4. The van der Waals surface area contributed by atoms with Crippen LogP contribution in [-0.2, 0) is 16.5 Å². The second-order valence-corrected chi connectivity index (χ2v) is 14.2. The smallest absolute Gasteiger partial charge is 0.410 e. The Balaban J connectivity index is 1.20. The minimum absolute atomic E-state index is 0.0715. The van der Waals surface area contributed by atoms with E-state index < -0.39 is 23.5 Å². The first-order chi connectivity index (χ1) is 23.3. The molecule has 0 saturated carbocycles. The molecular weight excluding hydrogens is 673 g/mol. The van der Waals surface area contributed by atoms with Gasteiger partial charge >= 0.3 is 12.1 Å². The lowest BCUT2D eigenvalue weighted by Gasteiger charge is -2.33. The number of nitrogens with zero attached hydrogens (tertiary/aromatic N) is 5. The lowest BCUT2D eigenvalue weighted by Crippen LogP contribution is -2.44. The van der Waals surface area contributed by atoms with Crippen molar-refractivity contribution in [3.63, 3.8) is 0 Å². The van der Waals surface area contributed by atoms with Crippen molar-refractivity contribution in [2.45, 2.75) is 58.3 Å². The summed E-state index contributed by atoms with van der Waals surface area (Å²) in [6, 6.07) is 10.5. The fourth-order valence-corrected chi connectivity index (χ4v) is 6.96. The Morgan fingerprint density at radius 3 is 2.53 bits per heavy atom. The Bertz CT molecular complexity index is 2010. The normalized spacial score (nSPS) is 14.6. The number of methoxy groups -OCH3 is 1. The molecule has 3 aromatic heterocycles. The molecule has 0 aliphatic carbocycles. The van der Waals surface area contributed by atoms with Gasteiger partial charge in [0.05, 0.1) is 29.4 Å². The van der Waals surface area contributed by atoms with Gasteiger partial charge in [-0.05, 0) is 51.5 Å². The van der Waals surface area contributed by atoms with E-state index in [0.717, 1.165) is 22.2 Å². The summed E-state index contributed by atoms with van der Waals surface area (Å²) in [4.78, 5) is 31.8. The third-order valence-electron chi connectivity index (χ3n) is 8.08. The number of piperidine rings is 1. The minimum atomic E-state index is -0.697. The third kappa shape index (κ3) is 7.37. The Hall–Kier alpha value is -4.62. The van der Waals surface area contributed by atoms with Crippen LogP contribution in [-0.4, -0.2) is 68.2 Å². The zero-order valence-corrected chi connectivity index (χ0v) is 29.6. The Morgan fingerprint density at radius 1 is 1.10 bits per heavy atom. The molecule has 49 heavy (non-hydrogen) atoms. The van der Waals surface area contributed by atoms with Gasteiger partial charge in [-0.15, -0.1) is 11.3 Å². The van der Waals surface area contributed by atoms with Gasteiger partial charge in [0.1, 0.15) is 34.9 Å². The number of thiophene rings is 1. The van der Waals surface area contributed by atoms with Crippen molar-refractivity contribution in [3.05, 3.63) is 76.4 Å². The van der Waals surface area contributed by atoms with Crippen LogP contribution in [0.1, 0.15) is 61.9 Å². The Morgan fingerprint density at radius 2 is 1.86 bits per heavy atom. The zero-order chi connectivity index (χ0) is 35.0. The molecular formula is C35H37ClFN5O6S. The monoisotopic (exact) mass is 709 g/mol. The molecule has 0 bridgehead atoms. The van der Waals surface area contributed by atoms with Crippen molar-refractivity contribution >= 4 is 46.0 Å². The van der Waals surface area contributed by atoms with Crippen LogP contribution in [0.25, 0.3) is 27.2 Å². The molecule has 14 heteroatoms. The van der Waals surface area contributed by atoms with E-state index in [9.17, 15) is 9.59 Å². The molecule has 1 amide bonds. The van der Waals surface area contributed by atoms with Gasteiger partial charge in [-0.3, -0.25) is 9.25 Å². The van der Waals surface area contributed by atoms with Crippen LogP contribution in [0, 0.1) is 5.82 Å². The number of amides is 1. The highest BCUT2D eigenvalue weighted by atomic mass is 35.5. The first-order valence-electron chi connectivity index (χ1n) is 15.8. The first kappa shape index (κ1) is 34.3.